The summed E-state index contributed by atoms with van der Waals surface area (Å²) in [5, 5.41) is 14.7. The molecule has 0 spiro atoms. The van der Waals surface area contributed by atoms with E-state index in [1.807, 2.05) is 53.8 Å². The second kappa shape index (κ2) is 10.9. The Morgan fingerprint density at radius 2 is 1.63 bits per heavy atom. The standard InChI is InChI=1S/C27H25IN2O5/c1-16(10-13-25(31)30-24-14-17(26(32)33)11-12-23(24)28)29-27(34)35-15-22-20-8-4-2-6-18(20)19-7-3-5-9-21(19)22/h2-9,11-12,14,16,22H,10,13,15H2,1H3,(H,29,34)(H,30,31)(H,32,33). The summed E-state index contributed by atoms with van der Waals surface area (Å²) in [5.41, 5.74) is 5.18. The summed E-state index contributed by atoms with van der Waals surface area (Å²) >= 11 is 2.04. The fourth-order valence-corrected chi connectivity index (χ4v) is 4.70. The lowest BCUT2D eigenvalue weighted by Crippen LogP contribution is -2.34. The SMILES string of the molecule is CC(CCC(=O)Nc1cc(C(=O)O)ccc1I)NC(=O)OCC1c2ccccc2-c2ccccc21. The van der Waals surface area contributed by atoms with Gasteiger partial charge in [0.25, 0.3) is 0 Å². The van der Waals surface area contributed by atoms with Gasteiger partial charge in [0.15, 0.2) is 0 Å². The fraction of sp³-hybridized carbons (Fsp3) is 0.222. The van der Waals surface area contributed by atoms with Crippen molar-refractivity contribution in [3.05, 3.63) is 87.0 Å². The predicted octanol–water partition coefficient (Wildman–Crippen LogP) is 5.64. The highest BCUT2D eigenvalue weighted by Gasteiger charge is 2.29. The first kappa shape index (κ1) is 24.7. The molecular formula is C27H25IN2O5. The fourth-order valence-electron chi connectivity index (χ4n) is 4.23. The molecular weight excluding hydrogens is 559 g/mol. The van der Waals surface area contributed by atoms with Gasteiger partial charge in [-0.15, -0.1) is 0 Å². The molecule has 0 aliphatic heterocycles. The summed E-state index contributed by atoms with van der Waals surface area (Å²) < 4.78 is 6.30. The molecule has 0 fully saturated rings. The number of halogens is 1. The molecule has 0 saturated carbocycles. The van der Waals surface area contributed by atoms with Gasteiger partial charge in [0.1, 0.15) is 6.61 Å². The number of anilines is 1. The Balaban J connectivity index is 1.26. The average molecular weight is 584 g/mol. The van der Waals surface area contributed by atoms with Crippen LogP contribution in [0.3, 0.4) is 0 Å². The molecule has 0 saturated heterocycles. The minimum absolute atomic E-state index is 0.0155. The zero-order chi connectivity index (χ0) is 24.9. The first-order chi connectivity index (χ1) is 16.8. The second-order valence-electron chi connectivity index (χ2n) is 8.46. The monoisotopic (exact) mass is 584 g/mol. The van der Waals surface area contributed by atoms with Crippen molar-refractivity contribution in [2.75, 3.05) is 11.9 Å². The number of carboxylic acid groups (broad SMARTS) is 1. The first-order valence-corrected chi connectivity index (χ1v) is 12.4. The summed E-state index contributed by atoms with van der Waals surface area (Å²) in [7, 11) is 0. The molecule has 180 valence electrons. The van der Waals surface area contributed by atoms with E-state index in [9.17, 15) is 14.4 Å². The molecule has 3 aromatic carbocycles. The van der Waals surface area contributed by atoms with Gasteiger partial charge in [-0.2, -0.15) is 0 Å². The van der Waals surface area contributed by atoms with Gasteiger partial charge in [0.05, 0.1) is 11.3 Å². The first-order valence-electron chi connectivity index (χ1n) is 11.3. The number of aromatic carboxylic acids is 1. The maximum absolute atomic E-state index is 12.4. The Hall–Kier alpha value is -3.40. The molecule has 1 unspecified atom stereocenters. The van der Waals surface area contributed by atoms with Gasteiger partial charge >= 0.3 is 12.1 Å². The zero-order valence-corrected chi connectivity index (χ0v) is 21.2. The van der Waals surface area contributed by atoms with E-state index in [2.05, 4.69) is 34.9 Å². The number of carbonyl (C=O) groups is 3. The Morgan fingerprint density at radius 3 is 2.26 bits per heavy atom. The van der Waals surface area contributed by atoms with Crippen LogP contribution in [0, 0.1) is 3.57 Å². The number of hydrogen-bond donors (Lipinski definition) is 3. The number of carbonyl (C=O) groups excluding carboxylic acids is 2. The number of ether oxygens (including phenoxy) is 1. The van der Waals surface area contributed by atoms with Gasteiger partial charge in [-0.3, -0.25) is 4.79 Å². The number of carboxylic acids is 1. The Labute approximate surface area is 217 Å². The smallest absolute Gasteiger partial charge is 0.407 e. The van der Waals surface area contributed by atoms with Gasteiger partial charge < -0.3 is 20.5 Å². The summed E-state index contributed by atoms with van der Waals surface area (Å²) in [6.45, 7) is 2.04. The van der Waals surface area contributed by atoms with E-state index < -0.39 is 12.1 Å². The third-order valence-corrected chi connectivity index (χ3v) is 6.94. The van der Waals surface area contributed by atoms with Crippen molar-refractivity contribution < 1.29 is 24.2 Å². The van der Waals surface area contributed by atoms with Crippen LogP contribution in [0.15, 0.2) is 66.7 Å². The molecule has 0 heterocycles. The third-order valence-electron chi connectivity index (χ3n) is 6.00. The molecule has 4 rings (SSSR count). The van der Waals surface area contributed by atoms with Crippen molar-refractivity contribution in [2.24, 2.45) is 0 Å². The topological polar surface area (TPSA) is 105 Å². The quantitative estimate of drug-likeness (QED) is 0.298. The average Bonchev–Trinajstić information content (AvgIpc) is 3.16. The number of rotatable bonds is 8. The van der Waals surface area contributed by atoms with E-state index in [-0.39, 0.29) is 36.5 Å². The highest BCUT2D eigenvalue weighted by atomic mass is 127. The minimum Gasteiger partial charge on any atom is -0.478 e. The van der Waals surface area contributed by atoms with Crippen LogP contribution in [-0.2, 0) is 9.53 Å². The molecule has 7 nitrogen and oxygen atoms in total. The number of hydrogen-bond acceptors (Lipinski definition) is 4. The van der Waals surface area contributed by atoms with Crippen LogP contribution in [-0.4, -0.2) is 35.7 Å². The zero-order valence-electron chi connectivity index (χ0n) is 19.1. The predicted molar refractivity (Wildman–Crippen MR) is 142 cm³/mol. The van der Waals surface area contributed by atoms with Gasteiger partial charge in [0, 0.05) is 22.0 Å². The van der Waals surface area contributed by atoms with E-state index in [4.69, 9.17) is 9.84 Å². The molecule has 1 aliphatic rings. The van der Waals surface area contributed by atoms with E-state index in [0.29, 0.717) is 12.1 Å². The maximum atomic E-state index is 12.4. The Morgan fingerprint density at radius 1 is 1.00 bits per heavy atom. The van der Waals surface area contributed by atoms with Crippen molar-refractivity contribution in [1.82, 2.24) is 5.32 Å². The van der Waals surface area contributed by atoms with E-state index in [1.165, 1.54) is 23.3 Å². The van der Waals surface area contributed by atoms with E-state index in [0.717, 1.165) is 14.7 Å². The second-order valence-corrected chi connectivity index (χ2v) is 9.62. The molecule has 3 N–H and O–H groups in total. The number of alkyl carbamates (subject to hydrolysis) is 1. The van der Waals surface area contributed by atoms with Crippen molar-refractivity contribution in [2.45, 2.75) is 31.7 Å². The van der Waals surface area contributed by atoms with Gasteiger partial charge in [-0.1, -0.05) is 48.5 Å². The summed E-state index contributed by atoms with van der Waals surface area (Å²) in [5.74, 6) is -1.33. The third kappa shape index (κ3) is 5.82. The summed E-state index contributed by atoms with van der Waals surface area (Å²) in [4.78, 5) is 35.9. The van der Waals surface area contributed by atoms with Crippen molar-refractivity contribution in [3.8, 4) is 11.1 Å². The van der Waals surface area contributed by atoms with Gasteiger partial charge in [-0.05, 0) is 76.4 Å². The molecule has 1 aliphatic carbocycles. The van der Waals surface area contributed by atoms with Gasteiger partial charge in [-0.25, -0.2) is 9.59 Å². The lowest BCUT2D eigenvalue weighted by molar-refractivity contribution is -0.116. The molecule has 0 bridgehead atoms. The minimum atomic E-state index is -1.06. The normalized spacial score (nSPS) is 12.9. The number of nitrogens with one attached hydrogen (secondary N) is 2. The largest absolute Gasteiger partial charge is 0.478 e. The van der Waals surface area contributed by atoms with Crippen LogP contribution in [0.1, 0.15) is 47.2 Å². The van der Waals surface area contributed by atoms with Crippen LogP contribution < -0.4 is 10.6 Å². The summed E-state index contributed by atoms with van der Waals surface area (Å²) in [6.07, 6.45) is 0.0483. The molecule has 3 aromatic rings. The van der Waals surface area contributed by atoms with E-state index >= 15 is 0 Å². The lowest BCUT2D eigenvalue weighted by atomic mass is 9.98. The molecule has 8 heteroatoms. The number of fused-ring (bicyclic) bond motifs is 3. The van der Waals surface area contributed by atoms with Crippen molar-refractivity contribution >= 4 is 46.2 Å². The molecule has 0 radical (unpaired) electrons. The van der Waals surface area contributed by atoms with E-state index in [1.54, 1.807) is 6.07 Å². The number of amides is 2. The molecule has 0 aromatic heterocycles. The Bertz CT molecular complexity index is 1230. The van der Waals surface area contributed by atoms with Crippen LogP contribution in [0.5, 0.6) is 0 Å². The van der Waals surface area contributed by atoms with Crippen LogP contribution in [0.4, 0.5) is 10.5 Å². The maximum Gasteiger partial charge on any atom is 0.407 e. The highest BCUT2D eigenvalue weighted by Crippen LogP contribution is 2.44. The highest BCUT2D eigenvalue weighted by molar-refractivity contribution is 14.1. The van der Waals surface area contributed by atoms with Crippen molar-refractivity contribution in [3.63, 3.8) is 0 Å². The van der Waals surface area contributed by atoms with Crippen LogP contribution in [0.2, 0.25) is 0 Å². The molecule has 35 heavy (non-hydrogen) atoms. The Kier molecular flexibility index (Phi) is 7.70. The van der Waals surface area contributed by atoms with Gasteiger partial charge in [0.2, 0.25) is 5.91 Å². The van der Waals surface area contributed by atoms with Crippen LogP contribution >= 0.6 is 22.6 Å². The van der Waals surface area contributed by atoms with Crippen molar-refractivity contribution in [1.29, 1.82) is 0 Å². The molecule has 2 amide bonds. The number of benzene rings is 3. The molecule has 1 atom stereocenters. The summed E-state index contributed by atoms with van der Waals surface area (Å²) in [6, 6.07) is 20.6. The van der Waals surface area contributed by atoms with Crippen LogP contribution in [0.25, 0.3) is 11.1 Å². The lowest BCUT2D eigenvalue weighted by Gasteiger charge is -2.17.